The fourth-order valence-electron chi connectivity index (χ4n) is 2.44. The van der Waals surface area contributed by atoms with Crippen LogP contribution in [-0.2, 0) is 21.4 Å². The van der Waals surface area contributed by atoms with E-state index in [-0.39, 0.29) is 12.5 Å². The Labute approximate surface area is 172 Å². The second kappa shape index (κ2) is 10.6. The Hall–Kier alpha value is -2.90. The molecule has 2 rings (SSSR count). The Kier molecular flexibility index (Phi) is 8.18. The molecule has 1 amide bonds. The minimum Gasteiger partial charge on any atom is -0.490 e. The summed E-state index contributed by atoms with van der Waals surface area (Å²) in [4.78, 5) is 13.9. The molecule has 0 aliphatic heterocycles. The van der Waals surface area contributed by atoms with Crippen LogP contribution in [-0.4, -0.2) is 50.8 Å². The van der Waals surface area contributed by atoms with Crippen molar-refractivity contribution in [3.05, 3.63) is 83.8 Å². The largest absolute Gasteiger partial charge is 0.490 e. The molecule has 0 unspecified atom stereocenters. The van der Waals surface area contributed by atoms with Crippen molar-refractivity contribution in [2.45, 2.75) is 6.54 Å². The highest BCUT2D eigenvalue weighted by molar-refractivity contribution is 7.92. The van der Waals surface area contributed by atoms with E-state index in [0.29, 0.717) is 13.2 Å². The topological polar surface area (TPSA) is 66.9 Å². The third-order valence-electron chi connectivity index (χ3n) is 4.16. The van der Waals surface area contributed by atoms with Crippen LogP contribution in [0, 0.1) is 0 Å². The normalized spacial score (nSPS) is 11.6. The van der Waals surface area contributed by atoms with Gasteiger partial charge in [-0.25, -0.2) is 8.42 Å². The van der Waals surface area contributed by atoms with Gasteiger partial charge in [0.15, 0.2) is 0 Å². The van der Waals surface area contributed by atoms with Gasteiger partial charge in [-0.1, -0.05) is 55.1 Å². The number of carbonyl (C=O) groups is 1. The Morgan fingerprint density at radius 2 is 1.72 bits per heavy atom. The molecular weight excluding hydrogens is 388 g/mol. The van der Waals surface area contributed by atoms with E-state index in [1.807, 2.05) is 42.5 Å². The van der Waals surface area contributed by atoms with E-state index in [1.54, 1.807) is 25.3 Å². The number of nitrogens with zero attached hydrogens (tertiary/aromatic N) is 2. The molecule has 0 bridgehead atoms. The van der Waals surface area contributed by atoms with Gasteiger partial charge in [-0.2, -0.15) is 4.31 Å². The highest BCUT2D eigenvalue weighted by Crippen LogP contribution is 2.14. The highest BCUT2D eigenvalue weighted by atomic mass is 32.2. The molecule has 0 atom stereocenters. The summed E-state index contributed by atoms with van der Waals surface area (Å²) in [6, 6.07) is 16.5. The summed E-state index contributed by atoms with van der Waals surface area (Å²) in [5, 5.41) is 1.11. The molecule has 0 aromatic heterocycles. The predicted molar refractivity (Wildman–Crippen MR) is 116 cm³/mol. The molecular formula is C22H26N2O4S. The number of benzene rings is 2. The zero-order valence-corrected chi connectivity index (χ0v) is 17.5. The standard InChI is InChI=1S/C22H26N2O4S/c1-4-15-28-21-12-10-20(11-13-21)17-23(2)22(25)18-24(3)29(26,27)16-14-19-8-6-5-7-9-19/h4-14,16H,1,15,17-18H2,2-3H3/b16-14+. The van der Waals surface area contributed by atoms with Gasteiger partial charge in [0.1, 0.15) is 12.4 Å². The second-order valence-electron chi connectivity index (χ2n) is 6.51. The molecule has 2 aromatic carbocycles. The van der Waals surface area contributed by atoms with Gasteiger partial charge in [-0.05, 0) is 29.3 Å². The zero-order chi connectivity index (χ0) is 21.3. The van der Waals surface area contributed by atoms with Crippen molar-refractivity contribution in [2.24, 2.45) is 0 Å². The minimum absolute atomic E-state index is 0.238. The van der Waals surface area contributed by atoms with Gasteiger partial charge >= 0.3 is 0 Å². The summed E-state index contributed by atoms with van der Waals surface area (Å²) in [6.45, 7) is 4.16. The van der Waals surface area contributed by atoms with Crippen molar-refractivity contribution in [1.29, 1.82) is 0 Å². The maximum Gasteiger partial charge on any atom is 0.237 e. The van der Waals surface area contributed by atoms with Gasteiger partial charge in [0.2, 0.25) is 15.9 Å². The lowest BCUT2D eigenvalue weighted by Crippen LogP contribution is -2.38. The summed E-state index contributed by atoms with van der Waals surface area (Å²) in [6.07, 6.45) is 3.18. The third kappa shape index (κ3) is 7.21. The van der Waals surface area contributed by atoms with Crippen LogP contribution in [0.5, 0.6) is 5.75 Å². The van der Waals surface area contributed by atoms with Crippen molar-refractivity contribution in [2.75, 3.05) is 27.2 Å². The number of sulfonamides is 1. The van der Waals surface area contributed by atoms with Gasteiger partial charge in [-0.15, -0.1) is 0 Å². The third-order valence-corrected chi connectivity index (χ3v) is 5.64. The van der Waals surface area contributed by atoms with Crippen LogP contribution >= 0.6 is 0 Å². The molecule has 0 heterocycles. The van der Waals surface area contributed by atoms with E-state index in [2.05, 4.69) is 6.58 Å². The molecule has 154 valence electrons. The molecule has 0 saturated carbocycles. The monoisotopic (exact) mass is 414 g/mol. The van der Waals surface area contributed by atoms with Gasteiger partial charge < -0.3 is 9.64 Å². The van der Waals surface area contributed by atoms with E-state index in [9.17, 15) is 13.2 Å². The molecule has 0 saturated heterocycles. The Balaban J connectivity index is 1.92. The maximum absolute atomic E-state index is 12.4. The van der Waals surface area contributed by atoms with Crippen LogP contribution in [0.15, 0.2) is 72.7 Å². The van der Waals surface area contributed by atoms with E-state index < -0.39 is 10.0 Å². The average molecular weight is 415 g/mol. The molecule has 0 fully saturated rings. The highest BCUT2D eigenvalue weighted by Gasteiger charge is 2.20. The first-order valence-corrected chi connectivity index (χ1v) is 10.6. The first kappa shape index (κ1) is 22.4. The minimum atomic E-state index is -3.69. The number of rotatable bonds is 10. The van der Waals surface area contributed by atoms with Crippen LogP contribution in [0.2, 0.25) is 0 Å². The zero-order valence-electron chi connectivity index (χ0n) is 16.7. The summed E-state index contributed by atoms with van der Waals surface area (Å²) < 4.78 is 31.3. The van der Waals surface area contributed by atoms with Gasteiger partial charge in [0.25, 0.3) is 0 Å². The SMILES string of the molecule is C=CCOc1ccc(CN(C)C(=O)CN(C)S(=O)(=O)/C=C/c2ccccc2)cc1. The van der Waals surface area contributed by atoms with E-state index in [4.69, 9.17) is 4.74 Å². The molecule has 6 nitrogen and oxygen atoms in total. The number of hydrogen-bond acceptors (Lipinski definition) is 4. The number of likely N-dealkylation sites (N-methyl/N-ethyl adjacent to an activating group) is 2. The molecule has 0 aliphatic carbocycles. The van der Waals surface area contributed by atoms with Gasteiger partial charge in [-0.3, -0.25) is 4.79 Å². The Bertz CT molecular complexity index is 939. The second-order valence-corrected chi connectivity index (χ2v) is 8.43. The predicted octanol–water partition coefficient (Wildman–Crippen LogP) is 3.14. The molecule has 2 aromatic rings. The van der Waals surface area contributed by atoms with Gasteiger partial charge in [0, 0.05) is 26.0 Å². The van der Waals surface area contributed by atoms with Crippen molar-refractivity contribution in [3.8, 4) is 5.75 Å². The Morgan fingerprint density at radius 1 is 1.07 bits per heavy atom. The number of ether oxygens (including phenoxy) is 1. The van der Waals surface area contributed by atoms with Crippen LogP contribution in [0.3, 0.4) is 0 Å². The van der Waals surface area contributed by atoms with Crippen LogP contribution in [0.25, 0.3) is 6.08 Å². The summed E-state index contributed by atoms with van der Waals surface area (Å²) in [5.41, 5.74) is 1.69. The fourth-order valence-corrected chi connectivity index (χ4v) is 3.27. The van der Waals surface area contributed by atoms with E-state index >= 15 is 0 Å². The van der Waals surface area contributed by atoms with Crippen molar-refractivity contribution in [1.82, 2.24) is 9.21 Å². The van der Waals surface area contributed by atoms with Crippen LogP contribution in [0.4, 0.5) is 0 Å². The van der Waals surface area contributed by atoms with E-state index in [1.165, 1.54) is 18.0 Å². The van der Waals surface area contributed by atoms with Crippen LogP contribution in [0.1, 0.15) is 11.1 Å². The molecule has 7 heteroatoms. The summed E-state index contributed by atoms with van der Waals surface area (Å²) in [7, 11) is -0.659. The lowest BCUT2D eigenvalue weighted by Gasteiger charge is -2.21. The number of carbonyl (C=O) groups excluding carboxylic acids is 1. The average Bonchev–Trinajstić information content (AvgIpc) is 2.72. The van der Waals surface area contributed by atoms with Crippen LogP contribution < -0.4 is 4.74 Å². The lowest BCUT2D eigenvalue weighted by molar-refractivity contribution is -0.130. The van der Waals surface area contributed by atoms with Gasteiger partial charge in [0.05, 0.1) is 6.54 Å². The van der Waals surface area contributed by atoms with Crippen molar-refractivity contribution < 1.29 is 17.9 Å². The Morgan fingerprint density at radius 3 is 2.34 bits per heavy atom. The number of amides is 1. The first-order valence-electron chi connectivity index (χ1n) is 9.08. The van der Waals surface area contributed by atoms with Crippen molar-refractivity contribution >= 4 is 22.0 Å². The molecule has 0 aliphatic rings. The fraction of sp³-hybridized carbons (Fsp3) is 0.227. The molecule has 0 radical (unpaired) electrons. The van der Waals surface area contributed by atoms with Crippen molar-refractivity contribution in [3.63, 3.8) is 0 Å². The molecule has 0 spiro atoms. The smallest absolute Gasteiger partial charge is 0.237 e. The maximum atomic E-state index is 12.4. The first-order chi connectivity index (χ1) is 13.8. The number of hydrogen-bond donors (Lipinski definition) is 0. The molecule has 0 N–H and O–H groups in total. The summed E-state index contributed by atoms with van der Waals surface area (Å²) in [5.74, 6) is 0.426. The van der Waals surface area contributed by atoms with E-state index in [0.717, 1.165) is 26.6 Å². The lowest BCUT2D eigenvalue weighted by atomic mass is 10.2. The summed E-state index contributed by atoms with van der Waals surface area (Å²) >= 11 is 0. The quantitative estimate of drug-likeness (QED) is 0.560. The molecule has 29 heavy (non-hydrogen) atoms.